The second kappa shape index (κ2) is 5.45. The number of anilines is 1. The van der Waals surface area contributed by atoms with Crippen molar-refractivity contribution in [3.63, 3.8) is 0 Å². The largest absolute Gasteiger partial charge is 0.418 e. The molecule has 2 rings (SSSR count). The Balaban J connectivity index is 2.12. The fourth-order valence-corrected chi connectivity index (χ4v) is 2.01. The summed E-state index contributed by atoms with van der Waals surface area (Å²) >= 11 is 0.867. The number of para-hydroxylation sites is 1. The van der Waals surface area contributed by atoms with E-state index in [2.05, 4.69) is 20.4 Å². The van der Waals surface area contributed by atoms with E-state index in [9.17, 15) is 18.0 Å². The number of amides is 1. The maximum Gasteiger partial charge on any atom is 0.418 e. The first kappa shape index (κ1) is 14.3. The first-order valence-electron chi connectivity index (χ1n) is 5.41. The summed E-state index contributed by atoms with van der Waals surface area (Å²) in [6, 6.07) is 4.85. The highest BCUT2D eigenvalue weighted by atomic mass is 32.1. The summed E-state index contributed by atoms with van der Waals surface area (Å²) in [5, 5.41) is 3.65. The van der Waals surface area contributed by atoms with Gasteiger partial charge in [-0.25, -0.2) is 0 Å². The minimum Gasteiger partial charge on any atom is -0.298 e. The molecule has 0 aliphatic rings. The Morgan fingerprint density at radius 3 is 2.60 bits per heavy atom. The number of nitrogens with zero attached hydrogens (tertiary/aromatic N) is 2. The average molecular weight is 302 g/mol. The van der Waals surface area contributed by atoms with Crippen molar-refractivity contribution in [2.24, 2.45) is 0 Å². The van der Waals surface area contributed by atoms with E-state index >= 15 is 0 Å². The van der Waals surface area contributed by atoms with Gasteiger partial charge in [-0.2, -0.15) is 13.2 Å². The van der Waals surface area contributed by atoms with Gasteiger partial charge in [0.05, 0.1) is 16.9 Å². The molecule has 20 heavy (non-hydrogen) atoms. The normalized spacial score (nSPS) is 11.2. The van der Waals surface area contributed by atoms with Gasteiger partial charge in [-0.15, -0.1) is 5.10 Å². The molecule has 2 N–H and O–H groups in total. The number of hydrazine groups is 1. The van der Waals surface area contributed by atoms with Crippen LogP contribution >= 0.6 is 11.5 Å². The number of aryl methyl sites for hydroxylation is 1. The third kappa shape index (κ3) is 3.05. The molecule has 0 aliphatic heterocycles. The van der Waals surface area contributed by atoms with Crippen LogP contribution in [0, 0.1) is 6.92 Å². The first-order chi connectivity index (χ1) is 9.39. The van der Waals surface area contributed by atoms with Crippen LogP contribution in [0.5, 0.6) is 0 Å². The maximum absolute atomic E-state index is 12.7. The fourth-order valence-electron chi connectivity index (χ4n) is 1.46. The molecule has 1 aromatic carbocycles. The van der Waals surface area contributed by atoms with Gasteiger partial charge in [0, 0.05) is 0 Å². The van der Waals surface area contributed by atoms with Crippen molar-refractivity contribution in [1.82, 2.24) is 15.0 Å². The van der Waals surface area contributed by atoms with Crippen molar-refractivity contribution in [2.45, 2.75) is 13.1 Å². The van der Waals surface area contributed by atoms with E-state index in [1.54, 1.807) is 6.92 Å². The molecule has 0 radical (unpaired) electrons. The number of carbonyl (C=O) groups excluding carboxylic acids is 1. The minimum atomic E-state index is -4.50. The third-order valence-electron chi connectivity index (χ3n) is 2.40. The Labute approximate surface area is 116 Å². The van der Waals surface area contributed by atoms with Crippen LogP contribution in [0.4, 0.5) is 18.9 Å². The monoisotopic (exact) mass is 302 g/mol. The zero-order valence-corrected chi connectivity index (χ0v) is 11.0. The van der Waals surface area contributed by atoms with Crippen molar-refractivity contribution in [2.75, 3.05) is 5.43 Å². The predicted molar refractivity (Wildman–Crippen MR) is 67.2 cm³/mol. The highest BCUT2D eigenvalue weighted by Gasteiger charge is 2.33. The molecule has 1 heterocycles. The Bertz CT molecular complexity index is 626. The van der Waals surface area contributed by atoms with Crippen LogP contribution in [-0.4, -0.2) is 15.5 Å². The molecule has 1 aromatic heterocycles. The lowest BCUT2D eigenvalue weighted by atomic mass is 10.2. The molecule has 0 atom stereocenters. The van der Waals surface area contributed by atoms with E-state index in [0.29, 0.717) is 5.69 Å². The van der Waals surface area contributed by atoms with Crippen LogP contribution in [-0.2, 0) is 6.18 Å². The summed E-state index contributed by atoms with van der Waals surface area (Å²) in [5.41, 5.74) is 3.78. The van der Waals surface area contributed by atoms with Gasteiger partial charge in [0.25, 0.3) is 5.91 Å². The smallest absolute Gasteiger partial charge is 0.298 e. The van der Waals surface area contributed by atoms with Crippen LogP contribution in [0.15, 0.2) is 24.3 Å². The lowest BCUT2D eigenvalue weighted by Gasteiger charge is -2.14. The molecular weight excluding hydrogens is 293 g/mol. The molecule has 0 fully saturated rings. The predicted octanol–water partition coefficient (Wildman–Crippen LogP) is 2.62. The standard InChI is InChI=1S/C11H9F3N4OS/c1-6-9(20-18-15-6)10(19)17-16-8-5-3-2-4-7(8)11(12,13)14/h2-5,16H,1H3,(H,17,19). The second-order valence-corrected chi connectivity index (χ2v) is 4.56. The van der Waals surface area contributed by atoms with Gasteiger partial charge in [-0.05, 0) is 30.6 Å². The first-order valence-corrected chi connectivity index (χ1v) is 6.18. The van der Waals surface area contributed by atoms with Gasteiger partial charge in [0.15, 0.2) is 0 Å². The Hall–Kier alpha value is -2.16. The summed E-state index contributed by atoms with van der Waals surface area (Å²) in [6.45, 7) is 1.59. The van der Waals surface area contributed by atoms with E-state index < -0.39 is 17.6 Å². The summed E-state index contributed by atoms with van der Waals surface area (Å²) in [7, 11) is 0. The lowest BCUT2D eigenvalue weighted by molar-refractivity contribution is -0.137. The highest BCUT2D eigenvalue weighted by Crippen LogP contribution is 2.34. The number of nitrogens with one attached hydrogen (secondary N) is 2. The van der Waals surface area contributed by atoms with Crippen molar-refractivity contribution in [3.8, 4) is 0 Å². The van der Waals surface area contributed by atoms with Gasteiger partial charge in [0.2, 0.25) is 0 Å². The van der Waals surface area contributed by atoms with E-state index in [-0.39, 0.29) is 10.6 Å². The van der Waals surface area contributed by atoms with E-state index in [1.807, 2.05) is 0 Å². The average Bonchev–Trinajstić information content (AvgIpc) is 2.81. The zero-order chi connectivity index (χ0) is 14.8. The summed E-state index contributed by atoms with van der Waals surface area (Å²) in [6.07, 6.45) is -4.50. The number of alkyl halides is 3. The molecule has 106 valence electrons. The number of carbonyl (C=O) groups is 1. The number of halogens is 3. The summed E-state index contributed by atoms with van der Waals surface area (Å²) < 4.78 is 41.8. The molecule has 2 aromatic rings. The van der Waals surface area contributed by atoms with Gasteiger partial charge in [-0.1, -0.05) is 16.6 Å². The van der Waals surface area contributed by atoms with Crippen molar-refractivity contribution >= 4 is 23.1 Å². The van der Waals surface area contributed by atoms with Crippen LogP contribution in [0.25, 0.3) is 0 Å². The Kier molecular flexibility index (Phi) is 3.89. The lowest BCUT2D eigenvalue weighted by Crippen LogP contribution is -2.30. The van der Waals surface area contributed by atoms with Gasteiger partial charge in [0.1, 0.15) is 4.88 Å². The topological polar surface area (TPSA) is 66.9 Å². The minimum absolute atomic E-state index is 0.233. The Morgan fingerprint density at radius 1 is 1.30 bits per heavy atom. The van der Waals surface area contributed by atoms with Gasteiger partial charge in [-0.3, -0.25) is 15.6 Å². The summed E-state index contributed by atoms with van der Waals surface area (Å²) in [5.74, 6) is -0.588. The maximum atomic E-state index is 12.7. The van der Waals surface area contributed by atoms with E-state index in [0.717, 1.165) is 17.6 Å². The molecule has 0 unspecified atom stereocenters. The van der Waals surface area contributed by atoms with Crippen LogP contribution in [0.2, 0.25) is 0 Å². The molecule has 1 amide bonds. The number of benzene rings is 1. The van der Waals surface area contributed by atoms with Crippen LogP contribution in [0.1, 0.15) is 20.9 Å². The SMILES string of the molecule is Cc1nnsc1C(=O)NNc1ccccc1C(F)(F)F. The summed E-state index contributed by atoms with van der Waals surface area (Å²) in [4.78, 5) is 12.0. The zero-order valence-electron chi connectivity index (χ0n) is 10.2. The number of hydrogen-bond donors (Lipinski definition) is 2. The number of hydrogen-bond acceptors (Lipinski definition) is 5. The highest BCUT2D eigenvalue weighted by molar-refractivity contribution is 7.08. The third-order valence-corrected chi connectivity index (χ3v) is 3.23. The molecule has 0 bridgehead atoms. The van der Waals surface area contributed by atoms with E-state index in [4.69, 9.17) is 0 Å². The molecule has 0 spiro atoms. The van der Waals surface area contributed by atoms with Crippen molar-refractivity contribution in [1.29, 1.82) is 0 Å². The van der Waals surface area contributed by atoms with Crippen molar-refractivity contribution in [3.05, 3.63) is 40.4 Å². The molecule has 0 saturated heterocycles. The second-order valence-electron chi connectivity index (χ2n) is 3.81. The molecule has 0 aliphatic carbocycles. The van der Waals surface area contributed by atoms with Crippen LogP contribution in [0.3, 0.4) is 0 Å². The molecule has 5 nitrogen and oxygen atoms in total. The van der Waals surface area contributed by atoms with Crippen LogP contribution < -0.4 is 10.9 Å². The van der Waals surface area contributed by atoms with Crippen molar-refractivity contribution < 1.29 is 18.0 Å². The molecule has 9 heteroatoms. The quantitative estimate of drug-likeness (QED) is 0.855. The number of aromatic nitrogens is 2. The Morgan fingerprint density at radius 2 is 2.00 bits per heavy atom. The van der Waals surface area contributed by atoms with Gasteiger partial charge >= 0.3 is 6.18 Å². The molecule has 0 saturated carbocycles. The van der Waals surface area contributed by atoms with E-state index in [1.165, 1.54) is 18.2 Å². The number of rotatable bonds is 3. The van der Waals surface area contributed by atoms with Gasteiger partial charge < -0.3 is 0 Å². The fraction of sp³-hybridized carbons (Fsp3) is 0.182. The molecular formula is C11H9F3N4OS.